The largest absolute Gasteiger partial charge is 0.272 e. The number of amides is 1. The number of thioether (sulfide) groups is 1. The minimum absolute atomic E-state index is 0.226. The van der Waals surface area contributed by atoms with E-state index in [1.165, 1.54) is 24.0 Å². The van der Waals surface area contributed by atoms with Gasteiger partial charge in [0.2, 0.25) is 0 Å². The molecule has 2 rings (SSSR count). The van der Waals surface area contributed by atoms with Crippen LogP contribution >= 0.6 is 11.8 Å². The molecule has 0 aromatic heterocycles. The van der Waals surface area contributed by atoms with Crippen LogP contribution in [0.4, 0.5) is 4.39 Å². The maximum Gasteiger partial charge on any atom is 0.253 e. The summed E-state index contributed by atoms with van der Waals surface area (Å²) < 4.78 is 13.4. The Hall–Kier alpha value is -2.14. The first-order valence-corrected chi connectivity index (χ1v) is 7.34. The predicted octanol–water partition coefficient (Wildman–Crippen LogP) is 3.46. The number of carbonyl (C=O) groups excluding carboxylic acids is 1. The number of benzene rings is 2. The SMILES string of the molecule is C[C@@H](Sc1ccccc1)C(=O)N/N=C\c1ccccc1F. The molecule has 1 amide bonds. The van der Waals surface area contributed by atoms with Crippen molar-refractivity contribution in [2.45, 2.75) is 17.1 Å². The molecule has 0 bridgehead atoms. The molecule has 0 spiro atoms. The zero-order chi connectivity index (χ0) is 15.1. The van der Waals surface area contributed by atoms with Gasteiger partial charge in [-0.2, -0.15) is 5.10 Å². The molecule has 0 aliphatic rings. The summed E-state index contributed by atoms with van der Waals surface area (Å²) in [6, 6.07) is 15.9. The molecule has 0 saturated heterocycles. The third kappa shape index (κ3) is 4.72. The van der Waals surface area contributed by atoms with Crippen LogP contribution in [0.5, 0.6) is 0 Å². The zero-order valence-corrected chi connectivity index (χ0v) is 12.3. The topological polar surface area (TPSA) is 41.5 Å². The normalized spacial score (nSPS) is 12.3. The lowest BCUT2D eigenvalue weighted by Crippen LogP contribution is -2.26. The van der Waals surface area contributed by atoms with E-state index in [9.17, 15) is 9.18 Å². The fourth-order valence-corrected chi connectivity index (χ4v) is 2.48. The smallest absolute Gasteiger partial charge is 0.253 e. The summed E-state index contributed by atoms with van der Waals surface area (Å²) in [7, 11) is 0. The van der Waals surface area contributed by atoms with Gasteiger partial charge in [0.25, 0.3) is 5.91 Å². The van der Waals surface area contributed by atoms with Crippen LogP contribution < -0.4 is 5.43 Å². The molecule has 5 heteroatoms. The fraction of sp³-hybridized carbons (Fsp3) is 0.125. The quantitative estimate of drug-likeness (QED) is 0.522. The molecule has 0 heterocycles. The van der Waals surface area contributed by atoms with Crippen molar-refractivity contribution in [1.82, 2.24) is 5.43 Å². The van der Waals surface area contributed by atoms with Crippen molar-refractivity contribution in [3.63, 3.8) is 0 Å². The van der Waals surface area contributed by atoms with Crippen LogP contribution in [0.3, 0.4) is 0 Å². The van der Waals surface area contributed by atoms with Gasteiger partial charge in [0.05, 0.1) is 11.5 Å². The van der Waals surface area contributed by atoms with Crippen LogP contribution in [0, 0.1) is 5.82 Å². The summed E-state index contributed by atoms with van der Waals surface area (Å²) in [4.78, 5) is 12.9. The summed E-state index contributed by atoms with van der Waals surface area (Å²) in [5, 5.41) is 3.50. The summed E-state index contributed by atoms with van der Waals surface area (Å²) >= 11 is 1.44. The Bertz CT molecular complexity index is 631. The molecule has 0 aliphatic heterocycles. The van der Waals surface area contributed by atoms with Gasteiger partial charge in [-0.1, -0.05) is 36.4 Å². The average molecular weight is 302 g/mol. The van der Waals surface area contributed by atoms with E-state index in [2.05, 4.69) is 10.5 Å². The molecule has 0 saturated carbocycles. The lowest BCUT2D eigenvalue weighted by molar-refractivity contribution is -0.120. The highest BCUT2D eigenvalue weighted by Gasteiger charge is 2.13. The first-order valence-electron chi connectivity index (χ1n) is 6.46. The van der Waals surface area contributed by atoms with Crippen molar-refractivity contribution < 1.29 is 9.18 Å². The Morgan fingerprint density at radius 1 is 1.19 bits per heavy atom. The first-order chi connectivity index (χ1) is 10.2. The van der Waals surface area contributed by atoms with Gasteiger partial charge in [-0.3, -0.25) is 4.79 Å². The molecule has 2 aromatic carbocycles. The highest BCUT2D eigenvalue weighted by Crippen LogP contribution is 2.22. The molecule has 21 heavy (non-hydrogen) atoms. The van der Waals surface area contributed by atoms with Crippen molar-refractivity contribution in [1.29, 1.82) is 0 Å². The number of carbonyl (C=O) groups is 1. The Balaban J connectivity index is 1.88. The van der Waals surface area contributed by atoms with E-state index in [1.54, 1.807) is 25.1 Å². The van der Waals surface area contributed by atoms with E-state index in [4.69, 9.17) is 0 Å². The van der Waals surface area contributed by atoms with Crippen LogP contribution in [0.25, 0.3) is 0 Å². The Labute approximate surface area is 127 Å². The molecule has 3 nitrogen and oxygen atoms in total. The predicted molar refractivity (Wildman–Crippen MR) is 83.9 cm³/mol. The van der Waals surface area contributed by atoms with Crippen molar-refractivity contribution >= 4 is 23.9 Å². The number of rotatable bonds is 5. The Kier molecular flexibility index (Phi) is 5.51. The standard InChI is InChI=1S/C16H15FN2OS/c1-12(21-14-8-3-2-4-9-14)16(20)19-18-11-13-7-5-6-10-15(13)17/h2-12H,1H3,(H,19,20)/b18-11-/t12-/m1/s1. The summed E-state index contributed by atoms with van der Waals surface area (Å²) in [6.07, 6.45) is 1.30. The second-order valence-corrected chi connectivity index (χ2v) is 5.74. The highest BCUT2D eigenvalue weighted by molar-refractivity contribution is 8.00. The highest BCUT2D eigenvalue weighted by atomic mass is 32.2. The van der Waals surface area contributed by atoms with E-state index in [0.717, 1.165) is 4.90 Å². The minimum atomic E-state index is -0.373. The van der Waals surface area contributed by atoms with E-state index in [0.29, 0.717) is 5.56 Å². The molecule has 2 aromatic rings. The average Bonchev–Trinajstić information content (AvgIpc) is 2.50. The number of nitrogens with one attached hydrogen (secondary N) is 1. The van der Waals surface area contributed by atoms with Crippen LogP contribution in [0.15, 0.2) is 64.6 Å². The molecule has 0 unspecified atom stereocenters. The van der Waals surface area contributed by atoms with Crippen LogP contribution in [0.1, 0.15) is 12.5 Å². The number of nitrogens with zero attached hydrogens (tertiary/aromatic N) is 1. The van der Waals surface area contributed by atoms with E-state index < -0.39 is 0 Å². The van der Waals surface area contributed by atoms with Crippen molar-refractivity contribution in [2.75, 3.05) is 0 Å². The van der Waals surface area contributed by atoms with Crippen LogP contribution in [-0.4, -0.2) is 17.4 Å². The summed E-state index contributed by atoms with van der Waals surface area (Å²) in [5.41, 5.74) is 2.76. The third-order valence-corrected chi connectivity index (χ3v) is 3.82. The molecule has 0 radical (unpaired) electrons. The summed E-state index contributed by atoms with van der Waals surface area (Å²) in [5.74, 6) is -0.598. The monoisotopic (exact) mass is 302 g/mol. The molecular weight excluding hydrogens is 287 g/mol. The van der Waals surface area contributed by atoms with Gasteiger partial charge in [0.1, 0.15) is 5.82 Å². The van der Waals surface area contributed by atoms with Crippen molar-refractivity contribution in [3.05, 3.63) is 66.0 Å². The molecule has 0 aliphatic carbocycles. The molecular formula is C16H15FN2OS. The summed E-state index contributed by atoms with van der Waals surface area (Å²) in [6.45, 7) is 1.80. The minimum Gasteiger partial charge on any atom is -0.272 e. The van der Waals surface area contributed by atoms with Gasteiger partial charge in [-0.05, 0) is 25.1 Å². The van der Waals surface area contributed by atoms with Crippen LogP contribution in [-0.2, 0) is 4.79 Å². The molecule has 1 atom stereocenters. The maximum atomic E-state index is 13.4. The van der Waals surface area contributed by atoms with Crippen LogP contribution in [0.2, 0.25) is 0 Å². The number of hydrogen-bond acceptors (Lipinski definition) is 3. The number of halogens is 1. The van der Waals surface area contributed by atoms with Crippen molar-refractivity contribution in [3.8, 4) is 0 Å². The first kappa shape index (κ1) is 15.3. The maximum absolute atomic E-state index is 13.4. The lowest BCUT2D eigenvalue weighted by Gasteiger charge is -2.08. The third-order valence-electron chi connectivity index (χ3n) is 2.71. The van der Waals surface area contributed by atoms with E-state index in [-0.39, 0.29) is 17.0 Å². The van der Waals surface area contributed by atoms with Gasteiger partial charge in [0, 0.05) is 10.5 Å². The fourth-order valence-electron chi connectivity index (χ4n) is 1.59. The second-order valence-electron chi connectivity index (χ2n) is 4.33. The number of hydrazone groups is 1. The number of hydrogen-bond donors (Lipinski definition) is 1. The van der Waals surface area contributed by atoms with Gasteiger partial charge in [-0.25, -0.2) is 9.82 Å². The molecule has 1 N–H and O–H groups in total. The molecule has 0 fully saturated rings. The molecule has 108 valence electrons. The van der Waals surface area contributed by atoms with Gasteiger partial charge >= 0.3 is 0 Å². The van der Waals surface area contributed by atoms with E-state index in [1.807, 2.05) is 30.3 Å². The Morgan fingerprint density at radius 3 is 2.57 bits per heavy atom. The van der Waals surface area contributed by atoms with Crippen molar-refractivity contribution in [2.24, 2.45) is 5.10 Å². The van der Waals surface area contributed by atoms with Gasteiger partial charge in [-0.15, -0.1) is 11.8 Å². The lowest BCUT2D eigenvalue weighted by atomic mass is 10.2. The van der Waals surface area contributed by atoms with E-state index >= 15 is 0 Å². The zero-order valence-electron chi connectivity index (χ0n) is 11.5. The second kappa shape index (κ2) is 7.59. The Morgan fingerprint density at radius 2 is 1.86 bits per heavy atom. The van der Waals surface area contributed by atoms with Gasteiger partial charge < -0.3 is 0 Å². The van der Waals surface area contributed by atoms with Gasteiger partial charge in [0.15, 0.2) is 0 Å².